The molecule has 1 fully saturated rings. The number of ether oxygens (including phenoxy) is 1. The zero-order valence-corrected chi connectivity index (χ0v) is 14.0. The summed E-state index contributed by atoms with van der Waals surface area (Å²) in [4.78, 5) is 14.2. The summed E-state index contributed by atoms with van der Waals surface area (Å²) in [6.07, 6.45) is 9.91. The molecule has 0 spiro atoms. The first kappa shape index (κ1) is 15.4. The van der Waals surface area contributed by atoms with Crippen LogP contribution in [0, 0.1) is 0 Å². The van der Waals surface area contributed by atoms with Gasteiger partial charge in [-0.15, -0.1) is 0 Å². The predicted molar refractivity (Wildman–Crippen MR) is 86.3 cm³/mol. The highest BCUT2D eigenvalue weighted by atomic mass is 16.6. The smallest absolute Gasteiger partial charge is 0.414 e. The number of aromatic nitrogens is 2. The highest BCUT2D eigenvalue weighted by molar-refractivity contribution is 5.89. The summed E-state index contributed by atoms with van der Waals surface area (Å²) in [6.45, 7) is 6.43. The molecule has 0 aromatic carbocycles. The van der Waals surface area contributed by atoms with E-state index in [1.54, 1.807) is 4.90 Å². The molecule has 1 saturated carbocycles. The lowest BCUT2D eigenvalue weighted by Gasteiger charge is -2.31. The molecule has 1 aliphatic heterocycles. The van der Waals surface area contributed by atoms with Crippen LogP contribution < -0.4 is 4.90 Å². The van der Waals surface area contributed by atoms with Gasteiger partial charge in [-0.05, 0) is 46.5 Å². The molecule has 2 aliphatic rings. The van der Waals surface area contributed by atoms with E-state index in [0.717, 1.165) is 25.1 Å². The van der Waals surface area contributed by atoms with Gasteiger partial charge in [0.1, 0.15) is 5.60 Å². The second-order valence-corrected chi connectivity index (χ2v) is 7.45. The van der Waals surface area contributed by atoms with E-state index >= 15 is 0 Å². The molecule has 0 N–H and O–H groups in total. The van der Waals surface area contributed by atoms with Crippen molar-refractivity contribution in [3.05, 3.63) is 11.9 Å². The third-order valence-electron chi connectivity index (χ3n) is 4.50. The van der Waals surface area contributed by atoms with Crippen LogP contribution >= 0.6 is 0 Å². The van der Waals surface area contributed by atoms with Gasteiger partial charge in [-0.1, -0.05) is 19.3 Å². The minimum absolute atomic E-state index is 0.253. The summed E-state index contributed by atoms with van der Waals surface area (Å²) in [5.74, 6) is 0. The monoisotopic (exact) mass is 305 g/mol. The van der Waals surface area contributed by atoms with Crippen molar-refractivity contribution in [3.63, 3.8) is 0 Å². The van der Waals surface area contributed by atoms with Gasteiger partial charge in [-0.2, -0.15) is 5.10 Å². The van der Waals surface area contributed by atoms with Crippen LogP contribution in [-0.4, -0.2) is 28.0 Å². The fourth-order valence-corrected chi connectivity index (χ4v) is 3.52. The maximum atomic E-state index is 12.4. The molecule has 2 heterocycles. The SMILES string of the molecule is CC(C)(C)OC(=O)N1CCCc2c1cnn2C1CCCCC1. The lowest BCUT2D eigenvalue weighted by Crippen LogP contribution is -2.39. The largest absolute Gasteiger partial charge is 0.443 e. The van der Waals surface area contributed by atoms with Crippen LogP contribution in [0.1, 0.15) is 71.0 Å². The van der Waals surface area contributed by atoms with Gasteiger partial charge < -0.3 is 4.74 Å². The minimum atomic E-state index is -0.464. The lowest BCUT2D eigenvalue weighted by atomic mass is 9.95. The molecule has 0 saturated heterocycles. The van der Waals surface area contributed by atoms with Crippen molar-refractivity contribution in [2.45, 2.75) is 77.4 Å². The summed E-state index contributed by atoms with van der Waals surface area (Å²) in [6, 6.07) is 0.510. The number of hydrogen-bond donors (Lipinski definition) is 0. The van der Waals surface area contributed by atoms with Crippen LogP contribution in [0.3, 0.4) is 0 Å². The van der Waals surface area contributed by atoms with Crippen molar-refractivity contribution in [1.29, 1.82) is 0 Å². The molecule has 0 unspecified atom stereocenters. The minimum Gasteiger partial charge on any atom is -0.443 e. The first-order valence-electron chi connectivity index (χ1n) is 8.52. The molecule has 0 radical (unpaired) electrons. The molecule has 5 nitrogen and oxygen atoms in total. The predicted octanol–water partition coefficient (Wildman–Crippen LogP) is 4.08. The quantitative estimate of drug-likeness (QED) is 0.785. The van der Waals surface area contributed by atoms with E-state index in [-0.39, 0.29) is 6.09 Å². The number of carbonyl (C=O) groups is 1. The highest BCUT2D eigenvalue weighted by Gasteiger charge is 2.31. The topological polar surface area (TPSA) is 47.4 Å². The van der Waals surface area contributed by atoms with Crippen molar-refractivity contribution in [1.82, 2.24) is 9.78 Å². The van der Waals surface area contributed by atoms with Crippen LogP contribution in [0.4, 0.5) is 10.5 Å². The van der Waals surface area contributed by atoms with Gasteiger partial charge in [0, 0.05) is 6.54 Å². The van der Waals surface area contributed by atoms with Gasteiger partial charge >= 0.3 is 6.09 Å². The van der Waals surface area contributed by atoms with Gasteiger partial charge in [0.15, 0.2) is 0 Å². The Bertz CT molecular complexity index is 539. The number of amides is 1. The second kappa shape index (κ2) is 5.94. The number of nitrogens with zero attached hydrogens (tertiary/aromatic N) is 3. The Morgan fingerprint density at radius 1 is 1.23 bits per heavy atom. The average Bonchev–Trinajstić information content (AvgIpc) is 2.90. The molecular weight excluding hydrogens is 278 g/mol. The number of rotatable bonds is 1. The van der Waals surface area contributed by atoms with Crippen molar-refractivity contribution >= 4 is 11.8 Å². The van der Waals surface area contributed by atoms with E-state index in [0.29, 0.717) is 6.04 Å². The summed E-state index contributed by atoms with van der Waals surface area (Å²) < 4.78 is 7.72. The lowest BCUT2D eigenvalue weighted by molar-refractivity contribution is 0.0577. The molecule has 5 heteroatoms. The van der Waals surface area contributed by atoms with Crippen molar-refractivity contribution < 1.29 is 9.53 Å². The van der Waals surface area contributed by atoms with Gasteiger partial charge in [0.25, 0.3) is 0 Å². The number of hydrogen-bond acceptors (Lipinski definition) is 3. The number of carbonyl (C=O) groups excluding carboxylic acids is 1. The van der Waals surface area contributed by atoms with Gasteiger partial charge in [-0.25, -0.2) is 4.79 Å². The second-order valence-electron chi connectivity index (χ2n) is 7.45. The molecule has 1 aliphatic carbocycles. The zero-order valence-electron chi connectivity index (χ0n) is 14.0. The van der Waals surface area contributed by atoms with Crippen molar-refractivity contribution in [2.24, 2.45) is 0 Å². The van der Waals surface area contributed by atoms with Crippen molar-refractivity contribution in [3.8, 4) is 0 Å². The normalized spacial score (nSPS) is 19.9. The van der Waals surface area contributed by atoms with Gasteiger partial charge in [0.05, 0.1) is 23.6 Å². The summed E-state index contributed by atoms with van der Waals surface area (Å²) in [7, 11) is 0. The van der Waals surface area contributed by atoms with E-state index in [9.17, 15) is 4.79 Å². The third kappa shape index (κ3) is 3.13. The number of anilines is 1. The average molecular weight is 305 g/mol. The van der Waals surface area contributed by atoms with E-state index < -0.39 is 5.60 Å². The summed E-state index contributed by atoms with van der Waals surface area (Å²) >= 11 is 0. The van der Waals surface area contributed by atoms with Crippen LogP contribution in [0.25, 0.3) is 0 Å². The molecule has 1 aromatic heterocycles. The highest BCUT2D eigenvalue weighted by Crippen LogP contribution is 2.34. The molecule has 122 valence electrons. The maximum Gasteiger partial charge on any atom is 0.414 e. The van der Waals surface area contributed by atoms with E-state index in [2.05, 4.69) is 9.78 Å². The van der Waals surface area contributed by atoms with Crippen LogP contribution in [0.2, 0.25) is 0 Å². The zero-order chi connectivity index (χ0) is 15.7. The van der Waals surface area contributed by atoms with Crippen molar-refractivity contribution in [2.75, 3.05) is 11.4 Å². The molecular formula is C17H27N3O2. The number of fused-ring (bicyclic) bond motifs is 1. The third-order valence-corrected chi connectivity index (χ3v) is 4.50. The Balaban J connectivity index is 1.82. The van der Waals surface area contributed by atoms with Gasteiger partial charge in [0.2, 0.25) is 0 Å². The Kier molecular flexibility index (Phi) is 4.15. The molecule has 1 amide bonds. The standard InChI is InChI=1S/C17H27N3O2/c1-17(2,3)22-16(21)19-11-7-10-14-15(19)12-18-20(14)13-8-5-4-6-9-13/h12-13H,4-11H2,1-3H3. The Morgan fingerprint density at radius 2 is 1.95 bits per heavy atom. The fourth-order valence-electron chi connectivity index (χ4n) is 3.52. The molecule has 22 heavy (non-hydrogen) atoms. The van der Waals surface area contributed by atoms with Crippen LogP contribution in [-0.2, 0) is 11.2 Å². The first-order chi connectivity index (χ1) is 10.5. The Hall–Kier alpha value is -1.52. The van der Waals surface area contributed by atoms with E-state index in [1.165, 1.54) is 37.8 Å². The summed E-state index contributed by atoms with van der Waals surface area (Å²) in [5, 5.41) is 4.62. The summed E-state index contributed by atoms with van der Waals surface area (Å²) in [5.41, 5.74) is 1.70. The Labute approximate surface area is 132 Å². The van der Waals surface area contributed by atoms with Crippen LogP contribution in [0.5, 0.6) is 0 Å². The van der Waals surface area contributed by atoms with E-state index in [1.807, 2.05) is 27.0 Å². The van der Waals surface area contributed by atoms with Gasteiger partial charge in [-0.3, -0.25) is 9.58 Å². The molecule has 0 bridgehead atoms. The fraction of sp³-hybridized carbons (Fsp3) is 0.765. The first-order valence-corrected chi connectivity index (χ1v) is 8.52. The van der Waals surface area contributed by atoms with Crippen LogP contribution in [0.15, 0.2) is 6.20 Å². The Morgan fingerprint density at radius 3 is 2.64 bits per heavy atom. The van der Waals surface area contributed by atoms with E-state index in [4.69, 9.17) is 4.74 Å². The molecule has 1 aromatic rings. The molecule has 0 atom stereocenters. The maximum absolute atomic E-state index is 12.4. The molecule has 3 rings (SSSR count).